The Kier molecular flexibility index (Phi) is 124. The third-order valence-corrected chi connectivity index (χ3v) is 25.3. The van der Waals surface area contributed by atoms with Gasteiger partial charge in [-0.15, -0.1) is 0 Å². The van der Waals surface area contributed by atoms with E-state index in [0.29, 0.717) is 125 Å². The number of hydrogen-bond acceptors (Lipinski definition) is 20. The van der Waals surface area contributed by atoms with E-state index in [1.54, 1.807) is 21.3 Å². The average Bonchev–Trinajstić information content (AvgIpc) is 0.772. The van der Waals surface area contributed by atoms with Crippen molar-refractivity contribution in [3.05, 3.63) is 0 Å². The summed E-state index contributed by atoms with van der Waals surface area (Å²) < 4.78 is 76.8. The highest BCUT2D eigenvalue weighted by Crippen LogP contribution is 2.21. The van der Waals surface area contributed by atoms with Crippen molar-refractivity contribution < 1.29 is 95.1 Å². The first kappa shape index (κ1) is 138. The normalized spacial score (nSPS) is 11.9. The first-order chi connectivity index (χ1) is 67.9. The molecule has 822 valence electrons. The minimum atomic E-state index is -0.764. The van der Waals surface area contributed by atoms with Gasteiger partial charge in [0.2, 0.25) is 5.91 Å². The van der Waals surface area contributed by atoms with Gasteiger partial charge in [-0.2, -0.15) is 0 Å². The van der Waals surface area contributed by atoms with Crippen molar-refractivity contribution >= 4 is 35.8 Å². The summed E-state index contributed by atoms with van der Waals surface area (Å²) in [6.07, 6.45) is 90.0. The lowest BCUT2D eigenvalue weighted by atomic mass is 10.1. The number of alkyl carbamates (subject to hydrolysis) is 2. The number of ether oxygens (including phenoxy) is 14. The molecule has 0 aromatic rings. The molecule has 0 aromatic heterocycles. The number of ketones is 1. The van der Waals surface area contributed by atoms with Crippen LogP contribution in [-0.2, 0) is 85.5 Å². The Hall–Kier alpha value is -3.78. The van der Waals surface area contributed by atoms with Crippen LogP contribution in [0.15, 0.2) is 0 Å². The van der Waals surface area contributed by atoms with Crippen LogP contribution < -0.4 is 16.0 Å². The van der Waals surface area contributed by atoms with Crippen molar-refractivity contribution in [1.82, 2.24) is 16.0 Å². The van der Waals surface area contributed by atoms with E-state index < -0.39 is 18.3 Å². The van der Waals surface area contributed by atoms with Crippen molar-refractivity contribution in [3.8, 4) is 0 Å². The van der Waals surface area contributed by atoms with E-state index in [0.717, 1.165) is 77.4 Å². The second kappa shape index (κ2) is 124. The molecule has 0 bridgehead atoms. The van der Waals surface area contributed by atoms with Crippen LogP contribution in [0.4, 0.5) is 9.59 Å². The molecule has 3 atom stereocenters. The van der Waals surface area contributed by atoms with Crippen molar-refractivity contribution in [2.24, 2.45) is 0 Å². The van der Waals surface area contributed by atoms with Crippen LogP contribution >= 0.6 is 0 Å². The maximum Gasteiger partial charge on any atom is 0.407 e. The Labute approximate surface area is 850 Å². The number of Topliss-reactive ketones (excluding diaryl/α,β-unsaturated/α-hetero) is 1. The first-order valence-corrected chi connectivity index (χ1v) is 58.4. The summed E-state index contributed by atoms with van der Waals surface area (Å²) in [5, 5.41) is 8.33. The van der Waals surface area contributed by atoms with Gasteiger partial charge in [0.25, 0.3) is 0 Å². The molecule has 3 amide bonds. The maximum absolute atomic E-state index is 12.6. The fourth-order valence-electron chi connectivity index (χ4n) is 16.4. The summed E-state index contributed by atoms with van der Waals surface area (Å²) in [5.41, 5.74) is 0. The second-order valence-corrected chi connectivity index (χ2v) is 38.9. The van der Waals surface area contributed by atoms with E-state index in [9.17, 15) is 28.8 Å². The molecule has 3 N–H and O–H groups in total. The highest BCUT2D eigenvalue weighted by Gasteiger charge is 2.21. The molecular weight excluding hydrogens is 1740 g/mol. The van der Waals surface area contributed by atoms with Gasteiger partial charge in [0.15, 0.2) is 6.10 Å². The first-order valence-electron chi connectivity index (χ1n) is 58.4. The molecule has 0 heterocycles. The largest absolute Gasteiger partial charge is 0.462 e. The van der Waals surface area contributed by atoms with Crippen LogP contribution in [0, 0.1) is 0 Å². The number of carbonyl (C=O) groups excluding carboxylic acids is 6. The monoisotopic (exact) mass is 1970 g/mol. The number of rotatable bonds is 113. The summed E-state index contributed by atoms with van der Waals surface area (Å²) >= 11 is 0. The molecular formula is C115H227N3O20. The van der Waals surface area contributed by atoms with Crippen LogP contribution in [-0.4, -0.2) is 214 Å². The van der Waals surface area contributed by atoms with E-state index in [4.69, 9.17) is 66.3 Å². The van der Waals surface area contributed by atoms with E-state index in [-0.39, 0.29) is 75.0 Å². The molecule has 0 aromatic carbocycles. The second-order valence-electron chi connectivity index (χ2n) is 38.9. The van der Waals surface area contributed by atoms with Crippen LogP contribution in [0.3, 0.4) is 0 Å². The molecule has 0 saturated carbocycles. The summed E-state index contributed by atoms with van der Waals surface area (Å²) in [4.78, 5) is 74.0. The quantitative estimate of drug-likeness (QED) is 0.0290. The molecule has 0 fully saturated rings. The molecule has 0 aliphatic heterocycles. The van der Waals surface area contributed by atoms with Gasteiger partial charge >= 0.3 is 24.1 Å². The van der Waals surface area contributed by atoms with E-state index in [2.05, 4.69) is 57.5 Å². The van der Waals surface area contributed by atoms with Crippen molar-refractivity contribution in [2.75, 3.05) is 160 Å². The van der Waals surface area contributed by atoms with Gasteiger partial charge in [-0.1, -0.05) is 452 Å². The van der Waals surface area contributed by atoms with E-state index >= 15 is 0 Å². The number of nitrogens with one attached hydrogen (secondary N) is 3. The number of unbranched alkanes of at least 4 members (excludes halogenated alkanes) is 64. The van der Waals surface area contributed by atoms with Crippen molar-refractivity contribution in [3.63, 3.8) is 0 Å². The SMILES string of the molecule is CCCCCCCCCCCCCC(=O)OCC(CNC(=O)CCC(=O)CCCOCCOC)OC(=O)CCCCCCCCCCCCC.CCCCCCCCCCCCCCOCC(CNC(=O)OCCOCCOC)OCCCCCCCCCCCCCC.CCCCCCCCCCCCCCOC[C@H](COC(=O)NCCOCCOC)OCCCCCCCCCCCCCC. The summed E-state index contributed by atoms with van der Waals surface area (Å²) in [6.45, 7) is 22.9. The smallest absolute Gasteiger partial charge is 0.407 e. The number of methoxy groups -OCH3 is 3. The number of carbonyl (C=O) groups is 6. The molecule has 0 saturated heterocycles. The highest BCUT2D eigenvalue weighted by molar-refractivity contribution is 5.85. The Bertz CT molecular complexity index is 2310. The van der Waals surface area contributed by atoms with E-state index in [1.165, 1.54) is 385 Å². The Morgan fingerprint density at radius 2 is 0.486 bits per heavy atom. The van der Waals surface area contributed by atoms with Crippen molar-refractivity contribution in [2.45, 2.75) is 548 Å². The maximum atomic E-state index is 12.6. The van der Waals surface area contributed by atoms with Gasteiger partial charge in [-0.25, -0.2) is 9.59 Å². The fraction of sp³-hybridized carbons (Fsp3) is 0.948. The molecule has 0 spiro atoms. The topological polar surface area (TPSA) is 268 Å². The molecule has 0 radical (unpaired) electrons. The van der Waals surface area contributed by atoms with Gasteiger partial charge in [-0.05, 0) is 44.9 Å². The summed E-state index contributed by atoms with van der Waals surface area (Å²) in [7, 11) is 4.88. The molecule has 2 unspecified atom stereocenters. The zero-order chi connectivity index (χ0) is 101. The Balaban J connectivity index is -0.00000199. The van der Waals surface area contributed by atoms with Crippen LogP contribution in [0.2, 0.25) is 0 Å². The zero-order valence-corrected chi connectivity index (χ0v) is 92.0. The zero-order valence-electron chi connectivity index (χ0n) is 92.0. The van der Waals surface area contributed by atoms with Crippen molar-refractivity contribution in [1.29, 1.82) is 0 Å². The van der Waals surface area contributed by atoms with Crippen LogP contribution in [0.25, 0.3) is 0 Å². The number of hydrogen-bond donors (Lipinski definition) is 3. The van der Waals surface area contributed by atoms with Gasteiger partial charge in [0.05, 0.1) is 78.7 Å². The Morgan fingerprint density at radius 3 is 0.855 bits per heavy atom. The molecule has 0 aliphatic carbocycles. The third kappa shape index (κ3) is 121. The molecule has 138 heavy (non-hydrogen) atoms. The minimum absolute atomic E-state index is 0.00165. The lowest BCUT2D eigenvalue weighted by molar-refractivity contribution is -0.159. The van der Waals surface area contributed by atoms with E-state index in [1.807, 2.05) is 0 Å². The summed E-state index contributed by atoms with van der Waals surface area (Å²) in [5.74, 6) is -0.949. The molecule has 0 rings (SSSR count). The molecule has 0 aliphatic rings. The standard InChI is InChI=1S/C41H77NO8.2C37H75NO6/c1-4-6-8-10-12-14-16-18-20-22-24-28-40(45)49-36-38(35-42-39(44)31-30-37(43)27-26-32-48-34-33-47-3)50-41(46)29-25-23-21-19-17-15-13-11-9-7-5-2;1-4-6-8-10-12-14-16-18-20-22-24-26-29-42-34-36(35-44-37(39)38-28-31-41-33-32-40-3)43-30-27-25-23-21-19-17-15-13-11-9-7-5-2;1-4-6-8-10-12-14-16-18-20-22-24-26-28-42-35-36(34-38-37(39)44-33-32-41-31-30-40-3)43-29-27-25-23-21-19-17-15-13-11-9-7-5-2/h38H,4-36H2,1-3H3,(H,42,44);2*36H,4-35H2,1-3H3,(H,38,39)/t;36-;/m.1./s1. The fourth-order valence-corrected chi connectivity index (χ4v) is 16.4. The lowest BCUT2D eigenvalue weighted by Gasteiger charge is -2.19. The van der Waals surface area contributed by atoms with Gasteiger partial charge < -0.3 is 82.3 Å². The average molecular weight is 1970 g/mol. The third-order valence-electron chi connectivity index (χ3n) is 25.3. The summed E-state index contributed by atoms with van der Waals surface area (Å²) in [6, 6.07) is 0. The highest BCUT2D eigenvalue weighted by atomic mass is 16.6. The minimum Gasteiger partial charge on any atom is -0.462 e. The molecule has 23 heteroatoms. The lowest BCUT2D eigenvalue weighted by Crippen LogP contribution is -2.38. The number of esters is 2. The molecule has 23 nitrogen and oxygen atoms in total. The Morgan fingerprint density at radius 1 is 0.203 bits per heavy atom. The van der Waals surface area contributed by atoms with Crippen LogP contribution in [0.1, 0.15) is 530 Å². The predicted molar refractivity (Wildman–Crippen MR) is 572 cm³/mol. The van der Waals surface area contributed by atoms with Gasteiger partial charge in [-0.3, -0.25) is 19.2 Å². The van der Waals surface area contributed by atoms with Gasteiger partial charge in [0.1, 0.15) is 31.7 Å². The predicted octanol–water partition coefficient (Wildman–Crippen LogP) is 30.1. The van der Waals surface area contributed by atoms with Crippen LogP contribution in [0.5, 0.6) is 0 Å². The van der Waals surface area contributed by atoms with Gasteiger partial charge in [0, 0.05) is 99.6 Å². The number of amides is 3.